The number of carbonyl (C=O) groups is 1. The van der Waals surface area contributed by atoms with E-state index in [4.69, 9.17) is 10.6 Å². The third-order valence-corrected chi connectivity index (χ3v) is 2.71. The van der Waals surface area contributed by atoms with Crippen molar-refractivity contribution in [3.8, 4) is 0 Å². The minimum absolute atomic E-state index is 0.0260. The van der Waals surface area contributed by atoms with E-state index < -0.39 is 5.97 Å². The number of fused-ring (bicyclic) bond motifs is 1. The molecule has 0 atom stereocenters. The van der Waals surface area contributed by atoms with Gasteiger partial charge in [-0.25, -0.2) is 9.78 Å². The van der Waals surface area contributed by atoms with Gasteiger partial charge in [0.1, 0.15) is 15.2 Å². The molecule has 2 aromatic rings. The zero-order valence-electron chi connectivity index (χ0n) is 7.15. The molecule has 0 bridgehead atoms. The molecular weight excluding hydrogens is 218 g/mol. The third kappa shape index (κ3) is 1.47. The predicted molar refractivity (Wildman–Crippen MR) is 53.2 cm³/mol. The van der Waals surface area contributed by atoms with E-state index in [0.717, 1.165) is 11.3 Å². The van der Waals surface area contributed by atoms with E-state index >= 15 is 0 Å². The molecule has 7 nitrogen and oxygen atoms in total. The highest BCUT2D eigenvalue weighted by molar-refractivity contribution is 7.21. The average molecular weight is 221 g/mol. The topological polar surface area (TPSA) is 112 Å². The molecule has 2 aromatic heterocycles. The van der Waals surface area contributed by atoms with Crippen LogP contribution in [-0.2, 0) is 0 Å². The highest BCUT2D eigenvalue weighted by atomic mass is 32.1. The van der Waals surface area contributed by atoms with Crippen LogP contribution in [0.5, 0.6) is 0 Å². The Kier molecular flexibility index (Phi) is 2.20. The summed E-state index contributed by atoms with van der Waals surface area (Å²) in [5.41, 5.74) is 8.67. The molecule has 0 unspecified atom stereocenters. The van der Waals surface area contributed by atoms with Gasteiger partial charge in [-0.2, -0.15) is 0 Å². The molecular formula is C7H3N5O2S. The van der Waals surface area contributed by atoms with Gasteiger partial charge in [0.25, 0.3) is 0 Å². The van der Waals surface area contributed by atoms with Crippen molar-refractivity contribution in [2.75, 3.05) is 0 Å². The predicted octanol–water partition coefficient (Wildman–Crippen LogP) is 2.33. The van der Waals surface area contributed by atoms with Crippen molar-refractivity contribution in [3.63, 3.8) is 0 Å². The summed E-state index contributed by atoms with van der Waals surface area (Å²) in [4.78, 5) is 21.7. The first-order valence-corrected chi connectivity index (χ1v) is 4.57. The molecule has 0 amide bonds. The summed E-state index contributed by atoms with van der Waals surface area (Å²) in [6.45, 7) is 0. The number of carboxylic acids is 1. The number of thiophene rings is 1. The molecule has 0 aromatic carbocycles. The van der Waals surface area contributed by atoms with Crippen LogP contribution in [0.3, 0.4) is 0 Å². The molecule has 0 radical (unpaired) electrons. The summed E-state index contributed by atoms with van der Waals surface area (Å²) in [6, 6.07) is 0. The number of azide groups is 1. The normalized spacial score (nSPS) is 9.87. The van der Waals surface area contributed by atoms with Crippen LogP contribution in [0.15, 0.2) is 17.5 Å². The summed E-state index contributed by atoms with van der Waals surface area (Å²) in [7, 11) is 0. The lowest BCUT2D eigenvalue weighted by atomic mass is 10.3. The van der Waals surface area contributed by atoms with Crippen LogP contribution in [-0.4, -0.2) is 21.0 Å². The lowest BCUT2D eigenvalue weighted by Crippen LogP contribution is -1.91. The number of carboxylic acid groups (broad SMARTS) is 1. The fraction of sp³-hybridized carbons (Fsp3) is 0. The van der Waals surface area contributed by atoms with Gasteiger partial charge in [-0.15, -0.1) is 11.3 Å². The molecule has 74 valence electrons. The van der Waals surface area contributed by atoms with E-state index in [9.17, 15) is 4.79 Å². The van der Waals surface area contributed by atoms with E-state index in [-0.39, 0.29) is 10.6 Å². The van der Waals surface area contributed by atoms with Gasteiger partial charge in [0, 0.05) is 17.3 Å². The first kappa shape index (κ1) is 9.38. The minimum atomic E-state index is -1.15. The molecule has 0 saturated heterocycles. The molecule has 0 saturated carbocycles. The zero-order chi connectivity index (χ0) is 10.8. The van der Waals surface area contributed by atoms with Crippen LogP contribution < -0.4 is 0 Å². The monoisotopic (exact) mass is 221 g/mol. The first-order chi connectivity index (χ1) is 7.24. The standard InChI is InChI=1S/C7H3N5O2S/c8-12-11-3-4-6(10-2-1-9-4)15-5(3)7(13)14/h1-2H,(H,13,14). The third-order valence-electron chi connectivity index (χ3n) is 1.64. The van der Waals surface area contributed by atoms with Gasteiger partial charge in [-0.3, -0.25) is 4.98 Å². The van der Waals surface area contributed by atoms with E-state index in [0.29, 0.717) is 10.3 Å². The summed E-state index contributed by atoms with van der Waals surface area (Å²) >= 11 is 0.934. The Morgan fingerprint density at radius 2 is 2.27 bits per heavy atom. The number of aromatic carboxylic acids is 1. The Morgan fingerprint density at radius 1 is 1.53 bits per heavy atom. The highest BCUT2D eigenvalue weighted by Gasteiger charge is 2.17. The van der Waals surface area contributed by atoms with Crippen molar-refractivity contribution in [1.29, 1.82) is 0 Å². The molecule has 1 N–H and O–H groups in total. The Morgan fingerprint density at radius 3 is 2.93 bits per heavy atom. The second-order valence-corrected chi connectivity index (χ2v) is 3.48. The summed E-state index contributed by atoms with van der Waals surface area (Å²) in [5, 5.41) is 12.2. The molecule has 0 fully saturated rings. The largest absolute Gasteiger partial charge is 0.477 e. The van der Waals surface area contributed by atoms with Gasteiger partial charge in [-0.1, -0.05) is 5.11 Å². The van der Waals surface area contributed by atoms with Crippen molar-refractivity contribution < 1.29 is 9.90 Å². The SMILES string of the molecule is [N-]=[N+]=Nc1c(C(=O)O)sc2nccnc12. The molecule has 2 rings (SSSR count). The number of rotatable bonds is 2. The Labute approximate surface area is 86.6 Å². The van der Waals surface area contributed by atoms with Crippen LogP contribution in [0.2, 0.25) is 0 Å². The van der Waals surface area contributed by atoms with E-state index in [1.165, 1.54) is 12.4 Å². The van der Waals surface area contributed by atoms with Gasteiger partial charge in [0.2, 0.25) is 0 Å². The molecule has 2 heterocycles. The van der Waals surface area contributed by atoms with Crippen molar-refractivity contribution in [2.24, 2.45) is 5.11 Å². The van der Waals surface area contributed by atoms with Gasteiger partial charge < -0.3 is 5.11 Å². The Balaban J connectivity index is 2.85. The van der Waals surface area contributed by atoms with E-state index in [1.54, 1.807) is 0 Å². The van der Waals surface area contributed by atoms with Gasteiger partial charge >= 0.3 is 5.97 Å². The maximum atomic E-state index is 10.8. The number of hydrogen-bond acceptors (Lipinski definition) is 5. The van der Waals surface area contributed by atoms with Gasteiger partial charge in [0.15, 0.2) is 0 Å². The molecule has 15 heavy (non-hydrogen) atoms. The molecule has 0 aliphatic rings. The van der Waals surface area contributed by atoms with Crippen LogP contribution in [0.25, 0.3) is 20.8 Å². The van der Waals surface area contributed by atoms with Gasteiger partial charge in [0.05, 0.1) is 5.69 Å². The van der Waals surface area contributed by atoms with Crippen LogP contribution in [0, 0.1) is 0 Å². The second-order valence-electron chi connectivity index (χ2n) is 2.48. The fourth-order valence-electron chi connectivity index (χ4n) is 1.10. The van der Waals surface area contributed by atoms with Gasteiger partial charge in [-0.05, 0) is 5.53 Å². The Bertz CT molecular complexity index is 586. The molecule has 0 aliphatic carbocycles. The maximum absolute atomic E-state index is 10.8. The Hall–Kier alpha value is -2.18. The number of nitrogens with zero attached hydrogens (tertiary/aromatic N) is 5. The van der Waals surface area contributed by atoms with Crippen LogP contribution in [0.1, 0.15) is 9.67 Å². The van der Waals surface area contributed by atoms with Crippen molar-refractivity contribution in [3.05, 3.63) is 27.7 Å². The summed E-state index contributed by atoms with van der Waals surface area (Å²) < 4.78 is 0. The lowest BCUT2D eigenvalue weighted by molar-refractivity contribution is 0.0703. The molecule has 0 aliphatic heterocycles. The highest BCUT2D eigenvalue weighted by Crippen LogP contribution is 2.35. The van der Waals surface area contributed by atoms with Crippen molar-refractivity contribution in [1.82, 2.24) is 9.97 Å². The fourth-order valence-corrected chi connectivity index (χ4v) is 1.97. The zero-order valence-corrected chi connectivity index (χ0v) is 7.97. The van der Waals surface area contributed by atoms with Crippen molar-refractivity contribution in [2.45, 2.75) is 0 Å². The minimum Gasteiger partial charge on any atom is -0.477 e. The molecule has 8 heteroatoms. The summed E-state index contributed by atoms with van der Waals surface area (Å²) in [6.07, 6.45) is 2.86. The quantitative estimate of drug-likeness (QED) is 0.476. The van der Waals surface area contributed by atoms with Crippen molar-refractivity contribution >= 4 is 33.3 Å². The maximum Gasteiger partial charge on any atom is 0.346 e. The second kappa shape index (κ2) is 3.52. The lowest BCUT2D eigenvalue weighted by Gasteiger charge is -1.89. The molecule has 0 spiro atoms. The number of aromatic nitrogens is 2. The summed E-state index contributed by atoms with van der Waals surface area (Å²) in [5.74, 6) is -1.15. The first-order valence-electron chi connectivity index (χ1n) is 3.76. The van der Waals surface area contributed by atoms with Crippen LogP contribution >= 0.6 is 11.3 Å². The van der Waals surface area contributed by atoms with E-state index in [2.05, 4.69) is 20.0 Å². The van der Waals surface area contributed by atoms with E-state index in [1.807, 2.05) is 0 Å². The van der Waals surface area contributed by atoms with Crippen LogP contribution in [0.4, 0.5) is 5.69 Å². The number of hydrogen-bond donors (Lipinski definition) is 1. The average Bonchev–Trinajstić information content (AvgIpc) is 2.58. The smallest absolute Gasteiger partial charge is 0.346 e.